The first-order chi connectivity index (χ1) is 10.0. The molecule has 2 rings (SSSR count). The van der Waals surface area contributed by atoms with Crippen molar-refractivity contribution in [2.45, 2.75) is 50.3 Å². The van der Waals surface area contributed by atoms with Gasteiger partial charge in [-0.15, -0.1) is 0 Å². The van der Waals surface area contributed by atoms with Crippen molar-refractivity contribution in [2.24, 2.45) is 0 Å². The minimum atomic E-state index is -4.18. The molecular formula is C17H22O3S. The summed E-state index contributed by atoms with van der Waals surface area (Å²) in [6, 6.07) is 10.8. The van der Waals surface area contributed by atoms with Crippen molar-refractivity contribution in [1.29, 1.82) is 0 Å². The number of unbranched alkanes of at least 4 members (excludes halogenated alkanes) is 4. The molecule has 2 aromatic carbocycles. The summed E-state index contributed by atoms with van der Waals surface area (Å²) in [5.41, 5.74) is 1.12. The Bertz CT molecular complexity index is 705. The highest BCUT2D eigenvalue weighted by Gasteiger charge is 2.13. The molecule has 0 unspecified atom stereocenters. The summed E-state index contributed by atoms with van der Waals surface area (Å²) in [6.07, 6.45) is 7.00. The number of hydrogen-bond donors (Lipinski definition) is 1. The van der Waals surface area contributed by atoms with Gasteiger partial charge in [0.1, 0.15) is 4.90 Å². The molecule has 0 aliphatic rings. The van der Waals surface area contributed by atoms with Gasteiger partial charge in [-0.2, -0.15) is 8.42 Å². The Balaban J connectivity index is 2.20. The fourth-order valence-corrected chi connectivity index (χ4v) is 3.31. The standard InChI is InChI=1S/C17H22O3S/c1-2-3-4-5-6-8-14-11-12-15-9-7-10-17(16(15)13-14)21(18,19)20/h7,9-13H,2-6,8H2,1H3,(H,18,19,20). The smallest absolute Gasteiger partial charge is 0.282 e. The van der Waals surface area contributed by atoms with E-state index in [9.17, 15) is 13.0 Å². The number of rotatable bonds is 7. The third kappa shape index (κ3) is 4.29. The molecule has 0 saturated carbocycles. The van der Waals surface area contributed by atoms with E-state index in [1.54, 1.807) is 6.07 Å². The summed E-state index contributed by atoms with van der Waals surface area (Å²) in [7, 11) is -4.18. The summed E-state index contributed by atoms with van der Waals surface area (Å²) >= 11 is 0. The molecule has 0 spiro atoms. The van der Waals surface area contributed by atoms with E-state index in [-0.39, 0.29) is 4.90 Å². The maximum absolute atomic E-state index is 11.4. The fraction of sp³-hybridized carbons (Fsp3) is 0.412. The summed E-state index contributed by atoms with van der Waals surface area (Å²) in [5.74, 6) is 0. The average Bonchev–Trinajstić information content (AvgIpc) is 2.45. The van der Waals surface area contributed by atoms with Crippen LogP contribution in [0.4, 0.5) is 0 Å². The molecule has 4 heteroatoms. The Morgan fingerprint density at radius 2 is 1.76 bits per heavy atom. The number of benzene rings is 2. The highest BCUT2D eigenvalue weighted by atomic mass is 32.2. The van der Waals surface area contributed by atoms with Crippen LogP contribution in [0, 0.1) is 0 Å². The van der Waals surface area contributed by atoms with Crippen LogP contribution < -0.4 is 0 Å². The molecule has 114 valence electrons. The topological polar surface area (TPSA) is 54.4 Å². The molecule has 0 saturated heterocycles. The second kappa shape index (κ2) is 7.05. The normalized spacial score (nSPS) is 11.9. The quantitative estimate of drug-likeness (QED) is 0.601. The molecule has 0 aliphatic heterocycles. The first-order valence-corrected chi connectivity index (χ1v) is 8.95. The lowest BCUT2D eigenvalue weighted by Crippen LogP contribution is -1.99. The fourth-order valence-electron chi connectivity index (χ4n) is 2.60. The Morgan fingerprint density at radius 1 is 1.00 bits per heavy atom. The molecule has 21 heavy (non-hydrogen) atoms. The molecule has 0 amide bonds. The van der Waals surface area contributed by atoms with Gasteiger partial charge in [-0.05, 0) is 35.9 Å². The van der Waals surface area contributed by atoms with Crippen molar-refractivity contribution in [1.82, 2.24) is 0 Å². The molecule has 0 atom stereocenters. The zero-order valence-corrected chi connectivity index (χ0v) is 13.2. The second-order valence-corrected chi connectivity index (χ2v) is 6.84. The van der Waals surface area contributed by atoms with Crippen LogP contribution in [0.15, 0.2) is 41.3 Å². The van der Waals surface area contributed by atoms with E-state index in [0.717, 1.165) is 23.8 Å². The lowest BCUT2D eigenvalue weighted by atomic mass is 10.0. The second-order valence-electron chi connectivity index (χ2n) is 5.45. The van der Waals surface area contributed by atoms with Crippen molar-refractivity contribution >= 4 is 20.9 Å². The molecule has 0 aromatic heterocycles. The van der Waals surface area contributed by atoms with Gasteiger partial charge in [0.05, 0.1) is 0 Å². The summed E-state index contributed by atoms with van der Waals surface area (Å²) in [5, 5.41) is 1.44. The molecule has 0 radical (unpaired) electrons. The van der Waals surface area contributed by atoms with E-state index < -0.39 is 10.1 Å². The van der Waals surface area contributed by atoms with Gasteiger partial charge < -0.3 is 0 Å². The molecular weight excluding hydrogens is 284 g/mol. The van der Waals surface area contributed by atoms with Gasteiger partial charge in [-0.1, -0.05) is 56.9 Å². The Labute approximate surface area is 126 Å². The van der Waals surface area contributed by atoms with E-state index >= 15 is 0 Å². The average molecular weight is 306 g/mol. The van der Waals surface area contributed by atoms with Gasteiger partial charge in [-0.25, -0.2) is 0 Å². The summed E-state index contributed by atoms with van der Waals surface area (Å²) in [4.78, 5) is -0.00664. The Kier molecular flexibility index (Phi) is 5.37. The molecule has 0 heterocycles. The lowest BCUT2D eigenvalue weighted by molar-refractivity contribution is 0.484. The molecule has 0 bridgehead atoms. The maximum atomic E-state index is 11.4. The van der Waals surface area contributed by atoms with Crippen molar-refractivity contribution in [3.05, 3.63) is 42.0 Å². The Morgan fingerprint density at radius 3 is 2.48 bits per heavy atom. The minimum absolute atomic E-state index is 0.00664. The van der Waals surface area contributed by atoms with E-state index in [4.69, 9.17) is 0 Å². The monoisotopic (exact) mass is 306 g/mol. The van der Waals surface area contributed by atoms with Gasteiger partial charge in [0.25, 0.3) is 10.1 Å². The summed E-state index contributed by atoms with van der Waals surface area (Å²) in [6.45, 7) is 2.19. The van der Waals surface area contributed by atoms with Gasteiger partial charge in [0, 0.05) is 5.39 Å². The number of hydrogen-bond acceptors (Lipinski definition) is 2. The molecule has 1 N–H and O–H groups in total. The van der Waals surface area contributed by atoms with Gasteiger partial charge in [-0.3, -0.25) is 4.55 Å². The van der Waals surface area contributed by atoms with Crippen LogP contribution in [0.1, 0.15) is 44.6 Å². The zero-order valence-electron chi connectivity index (χ0n) is 12.4. The van der Waals surface area contributed by atoms with Crippen molar-refractivity contribution < 1.29 is 13.0 Å². The maximum Gasteiger partial charge on any atom is 0.295 e. The first kappa shape index (κ1) is 16.0. The third-order valence-corrected chi connectivity index (χ3v) is 4.67. The lowest BCUT2D eigenvalue weighted by Gasteiger charge is -2.07. The van der Waals surface area contributed by atoms with Gasteiger partial charge in [0.2, 0.25) is 0 Å². The Hall–Kier alpha value is -1.39. The van der Waals surface area contributed by atoms with Gasteiger partial charge in [0.15, 0.2) is 0 Å². The van der Waals surface area contributed by atoms with Crippen LogP contribution in [0.5, 0.6) is 0 Å². The minimum Gasteiger partial charge on any atom is -0.282 e. The van der Waals surface area contributed by atoms with Crippen LogP contribution in [-0.4, -0.2) is 13.0 Å². The van der Waals surface area contributed by atoms with Crippen molar-refractivity contribution in [3.8, 4) is 0 Å². The largest absolute Gasteiger partial charge is 0.295 e. The third-order valence-electron chi connectivity index (χ3n) is 3.75. The van der Waals surface area contributed by atoms with E-state index in [1.807, 2.05) is 24.3 Å². The number of fused-ring (bicyclic) bond motifs is 1. The SMILES string of the molecule is CCCCCCCc1ccc2cccc(S(=O)(=O)O)c2c1. The predicted molar refractivity (Wildman–Crippen MR) is 86.2 cm³/mol. The van der Waals surface area contributed by atoms with Crippen LogP contribution in [0.2, 0.25) is 0 Å². The number of aryl methyl sites for hydroxylation is 1. The van der Waals surface area contributed by atoms with E-state index in [1.165, 1.54) is 31.7 Å². The van der Waals surface area contributed by atoms with Crippen LogP contribution in [0.25, 0.3) is 10.8 Å². The van der Waals surface area contributed by atoms with E-state index in [2.05, 4.69) is 6.92 Å². The van der Waals surface area contributed by atoms with Crippen LogP contribution >= 0.6 is 0 Å². The molecule has 0 aliphatic carbocycles. The highest BCUT2D eigenvalue weighted by molar-refractivity contribution is 7.86. The molecule has 2 aromatic rings. The molecule has 0 fully saturated rings. The van der Waals surface area contributed by atoms with Crippen molar-refractivity contribution in [3.63, 3.8) is 0 Å². The van der Waals surface area contributed by atoms with Crippen molar-refractivity contribution in [2.75, 3.05) is 0 Å². The van der Waals surface area contributed by atoms with Crippen LogP contribution in [-0.2, 0) is 16.5 Å². The highest BCUT2D eigenvalue weighted by Crippen LogP contribution is 2.24. The predicted octanol–water partition coefficient (Wildman–Crippen LogP) is 4.60. The van der Waals surface area contributed by atoms with Gasteiger partial charge >= 0.3 is 0 Å². The van der Waals surface area contributed by atoms with E-state index in [0.29, 0.717) is 5.39 Å². The van der Waals surface area contributed by atoms with Crippen LogP contribution in [0.3, 0.4) is 0 Å². The zero-order chi connectivity index (χ0) is 15.3. The first-order valence-electron chi connectivity index (χ1n) is 7.51. The summed E-state index contributed by atoms with van der Waals surface area (Å²) < 4.78 is 32.2. The molecule has 3 nitrogen and oxygen atoms in total.